The summed E-state index contributed by atoms with van der Waals surface area (Å²) in [4.78, 5) is 40.6. The Hall–Kier alpha value is -3.93. The minimum Gasteiger partial charge on any atom is -0.395 e. The number of amides is 4. The van der Waals surface area contributed by atoms with Gasteiger partial charge in [-0.15, -0.1) is 11.8 Å². The number of halogens is 1. The zero-order chi connectivity index (χ0) is 30.2. The maximum Gasteiger partial charge on any atom is 0.315 e. The third-order valence-electron chi connectivity index (χ3n) is 6.98. The average molecular weight is 594 g/mol. The Morgan fingerprint density at radius 1 is 1.10 bits per heavy atom. The first-order valence-corrected chi connectivity index (χ1v) is 14.8. The molecule has 11 heteroatoms. The summed E-state index contributed by atoms with van der Waals surface area (Å²) in [5, 5.41) is 17.1. The van der Waals surface area contributed by atoms with Crippen LogP contribution in [0.3, 0.4) is 0 Å². The molecule has 222 valence electrons. The second-order valence-electron chi connectivity index (χ2n) is 10.4. The molecular weight excluding hydrogens is 557 g/mol. The second-order valence-corrected chi connectivity index (χ2v) is 11.4. The topological polar surface area (TPSA) is 137 Å². The van der Waals surface area contributed by atoms with Gasteiger partial charge in [0.15, 0.2) is 0 Å². The van der Waals surface area contributed by atoms with Gasteiger partial charge >= 0.3 is 6.03 Å². The van der Waals surface area contributed by atoms with Crippen LogP contribution >= 0.6 is 11.8 Å². The summed E-state index contributed by atoms with van der Waals surface area (Å²) in [6.45, 7) is 4.24. The number of anilines is 1. The maximum atomic E-state index is 14.1. The molecule has 3 aromatic rings. The molecule has 1 heterocycles. The van der Waals surface area contributed by atoms with Crippen LogP contribution < -0.4 is 26.6 Å². The van der Waals surface area contributed by atoms with Crippen molar-refractivity contribution in [3.05, 3.63) is 83.7 Å². The van der Waals surface area contributed by atoms with Crippen LogP contribution in [0.1, 0.15) is 25.0 Å². The molecule has 0 spiro atoms. The number of carbonyl (C=O) groups excluding carboxylic acids is 3. The van der Waals surface area contributed by atoms with Crippen LogP contribution in [0.4, 0.5) is 14.9 Å². The monoisotopic (exact) mass is 593 g/mol. The highest BCUT2D eigenvalue weighted by atomic mass is 32.2. The molecule has 1 unspecified atom stereocenters. The molecule has 0 aromatic heterocycles. The lowest BCUT2D eigenvalue weighted by molar-refractivity contribution is -0.128. The molecule has 9 nitrogen and oxygen atoms in total. The van der Waals surface area contributed by atoms with Gasteiger partial charge in [-0.05, 0) is 46.4 Å². The second kappa shape index (κ2) is 14.3. The summed E-state index contributed by atoms with van der Waals surface area (Å²) in [5.41, 5.74) is 10.2. The lowest BCUT2D eigenvalue weighted by atomic mass is 9.98. The van der Waals surface area contributed by atoms with Crippen molar-refractivity contribution >= 4 is 35.3 Å². The van der Waals surface area contributed by atoms with Crippen molar-refractivity contribution < 1.29 is 23.9 Å². The van der Waals surface area contributed by atoms with Crippen molar-refractivity contribution in [2.45, 2.75) is 43.9 Å². The van der Waals surface area contributed by atoms with E-state index in [4.69, 9.17) is 10.8 Å². The number of thioether (sulfide) groups is 1. The fourth-order valence-electron chi connectivity index (χ4n) is 4.55. The first-order valence-electron chi connectivity index (χ1n) is 13.8. The summed E-state index contributed by atoms with van der Waals surface area (Å²) < 4.78 is 14.1. The van der Waals surface area contributed by atoms with E-state index < -0.39 is 23.8 Å². The van der Waals surface area contributed by atoms with Crippen molar-refractivity contribution in [3.63, 3.8) is 0 Å². The number of aliphatic hydroxyl groups is 1. The smallest absolute Gasteiger partial charge is 0.315 e. The van der Waals surface area contributed by atoms with Gasteiger partial charge in [-0.1, -0.05) is 62.4 Å². The normalized spacial score (nSPS) is 15.5. The predicted molar refractivity (Wildman–Crippen MR) is 162 cm³/mol. The van der Waals surface area contributed by atoms with Crippen molar-refractivity contribution in [3.8, 4) is 11.1 Å². The summed E-state index contributed by atoms with van der Waals surface area (Å²) >= 11 is 1.32. The molecule has 1 aliphatic rings. The zero-order valence-electron chi connectivity index (χ0n) is 23.6. The van der Waals surface area contributed by atoms with Crippen LogP contribution in [0.15, 0.2) is 71.6 Å². The van der Waals surface area contributed by atoms with E-state index in [2.05, 4.69) is 16.0 Å². The fraction of sp³-hybridized carbons (Fsp3) is 0.323. The van der Waals surface area contributed by atoms with Crippen LogP contribution in [-0.4, -0.2) is 53.9 Å². The number of carbonyl (C=O) groups is 3. The van der Waals surface area contributed by atoms with Gasteiger partial charge in [0.25, 0.3) is 5.91 Å². The number of rotatable bonds is 10. The zero-order valence-corrected chi connectivity index (χ0v) is 24.4. The Morgan fingerprint density at radius 3 is 2.55 bits per heavy atom. The van der Waals surface area contributed by atoms with E-state index in [1.165, 1.54) is 23.9 Å². The van der Waals surface area contributed by atoms with Gasteiger partial charge in [-0.3, -0.25) is 9.59 Å². The summed E-state index contributed by atoms with van der Waals surface area (Å²) in [5.74, 6) is -0.934. The number of nitrogens with two attached hydrogens (primary N) is 1. The first-order chi connectivity index (χ1) is 20.2. The number of nitrogens with zero attached hydrogens (tertiary/aromatic N) is 1. The molecule has 0 fully saturated rings. The Morgan fingerprint density at radius 2 is 1.83 bits per heavy atom. The van der Waals surface area contributed by atoms with Gasteiger partial charge in [0.1, 0.15) is 11.9 Å². The average Bonchev–Trinajstić information content (AvgIpc) is 3.11. The molecule has 3 aromatic carbocycles. The Labute approximate surface area is 249 Å². The lowest BCUT2D eigenvalue weighted by Crippen LogP contribution is -2.54. The van der Waals surface area contributed by atoms with Crippen molar-refractivity contribution in [2.75, 3.05) is 23.8 Å². The molecule has 6 N–H and O–H groups in total. The van der Waals surface area contributed by atoms with Crippen LogP contribution in [-0.2, 0) is 22.7 Å². The molecule has 4 rings (SSSR count). The van der Waals surface area contributed by atoms with Crippen LogP contribution in [0.25, 0.3) is 11.1 Å². The summed E-state index contributed by atoms with van der Waals surface area (Å²) in [6, 6.07) is 17.8. The molecular formula is C31H36FN5O4S. The van der Waals surface area contributed by atoms with E-state index in [9.17, 15) is 18.8 Å². The molecule has 2 atom stereocenters. The van der Waals surface area contributed by atoms with E-state index in [-0.39, 0.29) is 43.3 Å². The first kappa shape index (κ1) is 31.0. The predicted octanol–water partition coefficient (Wildman–Crippen LogP) is 3.39. The molecule has 42 heavy (non-hydrogen) atoms. The lowest BCUT2D eigenvalue weighted by Gasteiger charge is -2.27. The number of urea groups is 1. The number of hydrogen-bond acceptors (Lipinski definition) is 6. The van der Waals surface area contributed by atoms with E-state index >= 15 is 0 Å². The molecule has 0 saturated carbocycles. The highest BCUT2D eigenvalue weighted by Crippen LogP contribution is 2.36. The molecule has 0 aliphatic carbocycles. The fourth-order valence-corrected chi connectivity index (χ4v) is 5.64. The third-order valence-corrected chi connectivity index (χ3v) is 8.12. The van der Waals surface area contributed by atoms with Gasteiger partial charge in [-0.25, -0.2) is 9.18 Å². The highest BCUT2D eigenvalue weighted by molar-refractivity contribution is 7.99. The quantitative estimate of drug-likeness (QED) is 0.245. The van der Waals surface area contributed by atoms with E-state index in [0.717, 1.165) is 22.3 Å². The highest BCUT2D eigenvalue weighted by Gasteiger charge is 2.33. The minimum absolute atomic E-state index is 0.0937. The molecule has 0 bridgehead atoms. The van der Waals surface area contributed by atoms with Gasteiger partial charge < -0.3 is 31.7 Å². The number of fused-ring (bicyclic) bond motifs is 1. The van der Waals surface area contributed by atoms with Crippen molar-refractivity contribution in [1.29, 1.82) is 0 Å². The van der Waals surface area contributed by atoms with Gasteiger partial charge in [-0.2, -0.15) is 0 Å². The van der Waals surface area contributed by atoms with Gasteiger partial charge in [0.2, 0.25) is 5.91 Å². The summed E-state index contributed by atoms with van der Waals surface area (Å²) in [6.07, 6.45) is 0. The molecule has 0 saturated heterocycles. The van der Waals surface area contributed by atoms with Crippen LogP contribution in [0.2, 0.25) is 0 Å². The molecule has 4 amide bonds. The van der Waals surface area contributed by atoms with Crippen LogP contribution in [0.5, 0.6) is 0 Å². The van der Waals surface area contributed by atoms with Gasteiger partial charge in [0, 0.05) is 23.7 Å². The van der Waals surface area contributed by atoms with Crippen molar-refractivity contribution in [1.82, 2.24) is 16.0 Å². The number of hydrogen-bond donors (Lipinski definition) is 5. The SMILES string of the molecule is CC(C)C(N)C(=O)N[C@@H]1CSc2cc(F)ccc2N(Cc2ccc(-c3ccccc3CNC(=O)NCCO)cc2)C1=O. The Bertz CT molecular complexity index is 1420. The van der Waals surface area contributed by atoms with E-state index in [1.54, 1.807) is 11.0 Å². The Balaban J connectivity index is 1.55. The van der Waals surface area contributed by atoms with Gasteiger partial charge in [0.05, 0.1) is 24.9 Å². The Kier molecular flexibility index (Phi) is 10.6. The molecule has 0 radical (unpaired) electrons. The maximum absolute atomic E-state index is 14.1. The van der Waals surface area contributed by atoms with Crippen molar-refractivity contribution in [2.24, 2.45) is 11.7 Å². The third kappa shape index (κ3) is 7.67. The number of nitrogens with one attached hydrogen (secondary N) is 3. The largest absolute Gasteiger partial charge is 0.395 e. The standard InChI is InChI=1S/C31H36FN5O4S/c1-19(2)28(33)29(39)36-25-18-42-27-15-23(32)11-12-26(27)37(30(25)40)17-20-7-9-21(10-8-20)24-6-4-3-5-22(24)16-35-31(41)34-13-14-38/h3-12,15,19,25,28,38H,13-14,16-18,33H2,1-2H3,(H,36,39)(H2,34,35,41)/t25-,28?/m1/s1. The number of aliphatic hydroxyl groups excluding tert-OH is 1. The van der Waals surface area contributed by atoms with E-state index in [1.807, 2.05) is 62.4 Å². The molecule has 1 aliphatic heterocycles. The summed E-state index contributed by atoms with van der Waals surface area (Å²) in [7, 11) is 0. The van der Waals surface area contributed by atoms with E-state index in [0.29, 0.717) is 17.1 Å². The van der Waals surface area contributed by atoms with Crippen LogP contribution in [0, 0.1) is 11.7 Å². The number of benzene rings is 3. The minimum atomic E-state index is -0.823.